The van der Waals surface area contributed by atoms with Crippen LogP contribution in [-0.2, 0) is 14.3 Å². The van der Waals surface area contributed by atoms with Crippen molar-refractivity contribution in [3.63, 3.8) is 0 Å². The Kier molecular flexibility index (Phi) is 0.990. The average molecular weight is 128 g/mol. The zero-order valence-corrected chi connectivity index (χ0v) is 5.00. The first-order valence-electron chi connectivity index (χ1n) is 3.17. The maximum atomic E-state index is 10.6. The summed E-state index contributed by atoms with van der Waals surface area (Å²) in [6.45, 7) is 0.753. The first kappa shape index (κ1) is 5.23. The second-order valence-electron chi connectivity index (χ2n) is 2.48. The van der Waals surface area contributed by atoms with Gasteiger partial charge in [0.25, 0.3) is 0 Å². The lowest BCUT2D eigenvalue weighted by atomic mass is 10.1. The highest BCUT2D eigenvalue weighted by Gasteiger charge is 2.39. The van der Waals surface area contributed by atoms with E-state index in [0.717, 1.165) is 13.0 Å². The zero-order valence-electron chi connectivity index (χ0n) is 5.00. The summed E-state index contributed by atoms with van der Waals surface area (Å²) >= 11 is 0. The normalized spacial score (nSPS) is 40.7. The maximum Gasteiger partial charge on any atom is 0.308 e. The van der Waals surface area contributed by atoms with Gasteiger partial charge in [0, 0.05) is 5.92 Å². The Bertz CT molecular complexity index is 129. The molecule has 0 amide bonds. The Balaban J connectivity index is 2.09. The van der Waals surface area contributed by atoms with Crippen LogP contribution < -0.4 is 0 Å². The van der Waals surface area contributed by atoms with Crippen LogP contribution in [0, 0.1) is 5.92 Å². The van der Waals surface area contributed by atoms with Gasteiger partial charge in [-0.3, -0.25) is 4.79 Å². The molecular weight excluding hydrogens is 120 g/mol. The summed E-state index contributed by atoms with van der Waals surface area (Å²) in [4.78, 5) is 10.6. The number of hydrogen-bond acceptors (Lipinski definition) is 3. The highest BCUT2D eigenvalue weighted by atomic mass is 16.7. The SMILES string of the molecule is O=C1C[C@H]2CCO[C@H]2O1. The molecule has 2 saturated heterocycles. The third-order valence-corrected chi connectivity index (χ3v) is 1.83. The van der Waals surface area contributed by atoms with Gasteiger partial charge < -0.3 is 9.47 Å². The number of hydrogen-bond donors (Lipinski definition) is 0. The van der Waals surface area contributed by atoms with E-state index in [9.17, 15) is 4.79 Å². The van der Waals surface area contributed by atoms with Crippen molar-refractivity contribution in [3.8, 4) is 0 Å². The third kappa shape index (κ3) is 0.721. The van der Waals surface area contributed by atoms with E-state index in [-0.39, 0.29) is 12.3 Å². The van der Waals surface area contributed by atoms with E-state index in [1.54, 1.807) is 0 Å². The van der Waals surface area contributed by atoms with E-state index in [1.807, 2.05) is 0 Å². The highest BCUT2D eigenvalue weighted by Crippen LogP contribution is 2.31. The molecule has 0 aromatic heterocycles. The van der Waals surface area contributed by atoms with E-state index in [0.29, 0.717) is 12.3 Å². The van der Waals surface area contributed by atoms with Gasteiger partial charge in [-0.1, -0.05) is 0 Å². The molecule has 0 aliphatic carbocycles. The first-order chi connectivity index (χ1) is 4.36. The summed E-state index contributed by atoms with van der Waals surface area (Å²) in [6.07, 6.45) is 1.35. The second-order valence-corrected chi connectivity index (χ2v) is 2.48. The summed E-state index contributed by atoms with van der Waals surface area (Å²) in [6, 6.07) is 0. The molecule has 0 spiro atoms. The van der Waals surface area contributed by atoms with E-state index in [2.05, 4.69) is 0 Å². The molecule has 0 bridgehead atoms. The molecule has 3 nitrogen and oxygen atoms in total. The molecule has 0 radical (unpaired) electrons. The van der Waals surface area contributed by atoms with Gasteiger partial charge in [-0.25, -0.2) is 0 Å². The number of fused-ring (bicyclic) bond motifs is 1. The summed E-state index contributed by atoms with van der Waals surface area (Å²) in [5, 5.41) is 0. The van der Waals surface area contributed by atoms with Crippen LogP contribution in [0.15, 0.2) is 0 Å². The van der Waals surface area contributed by atoms with Gasteiger partial charge in [-0.05, 0) is 6.42 Å². The fourth-order valence-electron chi connectivity index (χ4n) is 1.33. The van der Waals surface area contributed by atoms with E-state index in [1.165, 1.54) is 0 Å². The van der Waals surface area contributed by atoms with E-state index in [4.69, 9.17) is 9.47 Å². The predicted molar refractivity (Wildman–Crippen MR) is 28.6 cm³/mol. The van der Waals surface area contributed by atoms with Crippen molar-refractivity contribution >= 4 is 5.97 Å². The van der Waals surface area contributed by atoms with Gasteiger partial charge in [0.15, 0.2) is 0 Å². The molecule has 50 valence electrons. The molecule has 2 aliphatic rings. The smallest absolute Gasteiger partial charge is 0.308 e. The van der Waals surface area contributed by atoms with Crippen molar-refractivity contribution in [3.05, 3.63) is 0 Å². The van der Waals surface area contributed by atoms with Crippen molar-refractivity contribution in [2.45, 2.75) is 19.1 Å². The number of esters is 1. The minimum atomic E-state index is -0.197. The number of rotatable bonds is 0. The lowest BCUT2D eigenvalue weighted by Crippen LogP contribution is -2.09. The van der Waals surface area contributed by atoms with Crippen LogP contribution in [0.3, 0.4) is 0 Å². The van der Waals surface area contributed by atoms with Crippen molar-refractivity contribution in [1.29, 1.82) is 0 Å². The van der Waals surface area contributed by atoms with Crippen LogP contribution in [0.5, 0.6) is 0 Å². The van der Waals surface area contributed by atoms with Gasteiger partial charge in [-0.15, -0.1) is 0 Å². The standard InChI is InChI=1S/C6H8O3/c7-5-3-4-1-2-8-6(4)9-5/h4,6H,1-3H2/t4-,6+/m1/s1. The molecular formula is C6H8O3. The Morgan fingerprint density at radius 1 is 1.56 bits per heavy atom. The van der Waals surface area contributed by atoms with Crippen LogP contribution in [0.1, 0.15) is 12.8 Å². The lowest BCUT2D eigenvalue weighted by Gasteiger charge is -2.03. The van der Waals surface area contributed by atoms with E-state index < -0.39 is 0 Å². The molecule has 2 atom stereocenters. The van der Waals surface area contributed by atoms with Crippen LogP contribution in [0.2, 0.25) is 0 Å². The van der Waals surface area contributed by atoms with Crippen molar-refractivity contribution in [2.75, 3.05) is 6.61 Å². The van der Waals surface area contributed by atoms with Gasteiger partial charge in [-0.2, -0.15) is 0 Å². The Morgan fingerprint density at radius 3 is 3.22 bits per heavy atom. The second kappa shape index (κ2) is 1.70. The van der Waals surface area contributed by atoms with Crippen LogP contribution in [0.4, 0.5) is 0 Å². The van der Waals surface area contributed by atoms with Gasteiger partial charge >= 0.3 is 5.97 Å². The molecule has 2 heterocycles. The Hall–Kier alpha value is -0.570. The fraction of sp³-hybridized carbons (Fsp3) is 0.833. The summed E-state index contributed by atoms with van der Waals surface area (Å²) in [5.74, 6) is 0.252. The van der Waals surface area contributed by atoms with E-state index >= 15 is 0 Å². The topological polar surface area (TPSA) is 35.5 Å². The molecule has 2 fully saturated rings. The Labute approximate surface area is 52.9 Å². The molecule has 0 N–H and O–H groups in total. The van der Waals surface area contributed by atoms with Crippen molar-refractivity contribution < 1.29 is 14.3 Å². The third-order valence-electron chi connectivity index (χ3n) is 1.83. The van der Waals surface area contributed by atoms with Gasteiger partial charge in [0.2, 0.25) is 6.29 Å². The summed E-state index contributed by atoms with van der Waals surface area (Å²) in [7, 11) is 0. The number of ether oxygens (including phenoxy) is 2. The lowest BCUT2D eigenvalue weighted by molar-refractivity contribution is -0.158. The van der Waals surface area contributed by atoms with Crippen molar-refractivity contribution in [1.82, 2.24) is 0 Å². The van der Waals surface area contributed by atoms with Gasteiger partial charge in [0.05, 0.1) is 13.0 Å². The molecule has 2 rings (SSSR count). The van der Waals surface area contributed by atoms with Crippen molar-refractivity contribution in [2.24, 2.45) is 5.92 Å². The fourth-order valence-corrected chi connectivity index (χ4v) is 1.33. The number of carbonyl (C=O) groups is 1. The molecule has 9 heavy (non-hydrogen) atoms. The number of carbonyl (C=O) groups excluding carboxylic acids is 1. The molecule has 2 aliphatic heterocycles. The monoisotopic (exact) mass is 128 g/mol. The quantitative estimate of drug-likeness (QED) is 0.440. The van der Waals surface area contributed by atoms with Gasteiger partial charge in [0.1, 0.15) is 0 Å². The Morgan fingerprint density at radius 2 is 2.44 bits per heavy atom. The first-order valence-corrected chi connectivity index (χ1v) is 3.17. The molecule has 0 saturated carbocycles. The largest absolute Gasteiger partial charge is 0.435 e. The zero-order chi connectivity index (χ0) is 6.27. The minimum Gasteiger partial charge on any atom is -0.435 e. The summed E-state index contributed by atoms with van der Waals surface area (Å²) in [5.41, 5.74) is 0. The molecule has 0 aromatic rings. The predicted octanol–water partition coefficient (Wildman–Crippen LogP) is 0.296. The van der Waals surface area contributed by atoms with Crippen LogP contribution >= 0.6 is 0 Å². The molecule has 3 heteroatoms. The summed E-state index contributed by atoms with van der Waals surface area (Å²) < 4.78 is 9.93. The maximum absolute atomic E-state index is 10.6. The molecule has 0 unspecified atom stereocenters. The average Bonchev–Trinajstić information content (AvgIpc) is 2.22. The van der Waals surface area contributed by atoms with Crippen LogP contribution in [0.25, 0.3) is 0 Å². The minimum absolute atomic E-state index is 0.107. The highest BCUT2D eigenvalue weighted by molar-refractivity contribution is 5.71. The molecule has 0 aromatic carbocycles. The van der Waals surface area contributed by atoms with Crippen LogP contribution in [-0.4, -0.2) is 18.9 Å².